The molecule has 2 rings (SSSR count). The fourth-order valence-electron chi connectivity index (χ4n) is 1.93. The van der Waals surface area contributed by atoms with Gasteiger partial charge in [0.25, 0.3) is 0 Å². The molecule has 1 saturated carbocycles. The van der Waals surface area contributed by atoms with E-state index >= 15 is 0 Å². The third kappa shape index (κ3) is 1.91. The van der Waals surface area contributed by atoms with Crippen LogP contribution >= 0.6 is 0 Å². The van der Waals surface area contributed by atoms with Crippen molar-refractivity contribution in [2.75, 3.05) is 33.3 Å². The lowest BCUT2D eigenvalue weighted by atomic mass is 10.2. The molecule has 4 heteroatoms. The molecule has 1 atom stereocenters. The number of aliphatic hydroxyl groups is 1. The first-order chi connectivity index (χ1) is 6.72. The Morgan fingerprint density at radius 3 is 2.71 bits per heavy atom. The summed E-state index contributed by atoms with van der Waals surface area (Å²) in [5.74, 6) is 0.606. The number of carbonyl (C=O) groups is 1. The molecule has 1 amide bonds. The molecule has 0 aromatic heterocycles. The van der Waals surface area contributed by atoms with E-state index in [9.17, 15) is 4.79 Å². The van der Waals surface area contributed by atoms with Gasteiger partial charge < -0.3 is 10.0 Å². The number of rotatable bonds is 2. The van der Waals surface area contributed by atoms with Crippen molar-refractivity contribution in [2.45, 2.75) is 18.9 Å². The number of hydrogen-bond donors (Lipinski definition) is 1. The van der Waals surface area contributed by atoms with Crippen molar-refractivity contribution in [1.82, 2.24) is 9.80 Å². The van der Waals surface area contributed by atoms with Crippen LogP contribution in [0.5, 0.6) is 0 Å². The smallest absolute Gasteiger partial charge is 0.225 e. The predicted octanol–water partition coefficient (Wildman–Crippen LogP) is -0.469. The maximum absolute atomic E-state index is 11.8. The first kappa shape index (κ1) is 9.93. The summed E-state index contributed by atoms with van der Waals surface area (Å²) in [6.45, 7) is 2.54. The van der Waals surface area contributed by atoms with Gasteiger partial charge >= 0.3 is 0 Å². The SMILES string of the molecule is CN1CCN(C(=O)C2CC2)C[C@H]1CO. The fourth-order valence-corrected chi connectivity index (χ4v) is 1.93. The summed E-state index contributed by atoms with van der Waals surface area (Å²) < 4.78 is 0. The Hall–Kier alpha value is -0.610. The molecule has 14 heavy (non-hydrogen) atoms. The average molecular weight is 198 g/mol. The van der Waals surface area contributed by atoms with E-state index in [-0.39, 0.29) is 12.6 Å². The molecule has 0 radical (unpaired) electrons. The van der Waals surface area contributed by atoms with Crippen molar-refractivity contribution in [3.8, 4) is 0 Å². The van der Waals surface area contributed by atoms with Gasteiger partial charge in [-0.25, -0.2) is 0 Å². The van der Waals surface area contributed by atoms with Crippen molar-refractivity contribution < 1.29 is 9.90 Å². The normalized spacial score (nSPS) is 29.3. The van der Waals surface area contributed by atoms with Crippen LogP contribution in [-0.2, 0) is 4.79 Å². The highest BCUT2D eigenvalue weighted by atomic mass is 16.3. The van der Waals surface area contributed by atoms with Crippen LogP contribution in [0.4, 0.5) is 0 Å². The molecule has 0 aromatic carbocycles. The molecule has 1 aliphatic heterocycles. The number of amides is 1. The van der Waals surface area contributed by atoms with E-state index in [1.54, 1.807) is 0 Å². The molecule has 4 nitrogen and oxygen atoms in total. The van der Waals surface area contributed by atoms with Crippen LogP contribution in [0.1, 0.15) is 12.8 Å². The highest BCUT2D eigenvalue weighted by Crippen LogP contribution is 2.31. The standard InChI is InChI=1S/C10H18N2O2/c1-11-4-5-12(6-9(11)7-13)10(14)8-2-3-8/h8-9,13H,2-7H2,1H3/t9-/m0/s1. The zero-order valence-corrected chi connectivity index (χ0v) is 8.65. The lowest BCUT2D eigenvalue weighted by molar-refractivity contribution is -0.135. The molecular weight excluding hydrogens is 180 g/mol. The highest BCUT2D eigenvalue weighted by molar-refractivity contribution is 5.81. The Labute approximate surface area is 84.5 Å². The molecule has 2 aliphatic rings. The Morgan fingerprint density at radius 1 is 1.43 bits per heavy atom. The van der Waals surface area contributed by atoms with Gasteiger partial charge in [-0.2, -0.15) is 0 Å². The summed E-state index contributed by atoms with van der Waals surface area (Å²) in [6, 6.07) is 0.131. The van der Waals surface area contributed by atoms with E-state index in [1.807, 2.05) is 11.9 Å². The van der Waals surface area contributed by atoms with Gasteiger partial charge in [0, 0.05) is 25.6 Å². The van der Waals surface area contributed by atoms with E-state index in [1.165, 1.54) is 0 Å². The molecule has 0 spiro atoms. The van der Waals surface area contributed by atoms with Crippen molar-refractivity contribution in [2.24, 2.45) is 5.92 Å². The number of hydrogen-bond acceptors (Lipinski definition) is 3. The zero-order chi connectivity index (χ0) is 10.1. The highest BCUT2D eigenvalue weighted by Gasteiger charge is 2.36. The summed E-state index contributed by atoms with van der Waals surface area (Å²) in [6.07, 6.45) is 2.13. The maximum atomic E-state index is 11.8. The second-order valence-electron chi connectivity index (χ2n) is 4.38. The first-order valence-electron chi connectivity index (χ1n) is 5.32. The summed E-state index contributed by atoms with van der Waals surface area (Å²) in [5.41, 5.74) is 0. The first-order valence-corrected chi connectivity index (χ1v) is 5.32. The van der Waals surface area contributed by atoms with Crippen molar-refractivity contribution in [3.63, 3.8) is 0 Å². The van der Waals surface area contributed by atoms with Crippen molar-refractivity contribution >= 4 is 5.91 Å². The minimum atomic E-state index is 0.131. The molecule has 80 valence electrons. The van der Waals surface area contributed by atoms with E-state index in [2.05, 4.69) is 4.90 Å². The molecule has 1 aliphatic carbocycles. The minimum absolute atomic E-state index is 0.131. The van der Waals surface area contributed by atoms with Crippen LogP contribution < -0.4 is 0 Å². The second-order valence-corrected chi connectivity index (χ2v) is 4.38. The molecule has 0 aromatic rings. The van der Waals surface area contributed by atoms with Gasteiger partial charge in [-0.1, -0.05) is 0 Å². The second kappa shape index (κ2) is 3.87. The summed E-state index contributed by atoms with van der Waals surface area (Å²) in [7, 11) is 2.00. The largest absolute Gasteiger partial charge is 0.395 e. The van der Waals surface area contributed by atoms with E-state index < -0.39 is 0 Å². The van der Waals surface area contributed by atoms with E-state index in [4.69, 9.17) is 5.11 Å². The van der Waals surface area contributed by atoms with Gasteiger partial charge in [-0.3, -0.25) is 9.69 Å². The van der Waals surface area contributed by atoms with Gasteiger partial charge in [-0.05, 0) is 19.9 Å². The lowest BCUT2D eigenvalue weighted by Crippen LogP contribution is -2.54. The molecule has 0 bridgehead atoms. The summed E-state index contributed by atoms with van der Waals surface area (Å²) in [5, 5.41) is 9.14. The van der Waals surface area contributed by atoms with E-state index in [0.717, 1.165) is 25.9 Å². The molecule has 1 heterocycles. The minimum Gasteiger partial charge on any atom is -0.395 e. The van der Waals surface area contributed by atoms with Crippen LogP contribution in [0.15, 0.2) is 0 Å². The van der Waals surface area contributed by atoms with Crippen molar-refractivity contribution in [1.29, 1.82) is 0 Å². The molecule has 1 saturated heterocycles. The number of piperazine rings is 1. The Kier molecular flexibility index (Phi) is 2.74. The molecule has 1 N–H and O–H groups in total. The Morgan fingerprint density at radius 2 is 2.14 bits per heavy atom. The van der Waals surface area contributed by atoms with Crippen LogP contribution in [0.25, 0.3) is 0 Å². The number of carbonyl (C=O) groups excluding carboxylic acids is 1. The van der Waals surface area contributed by atoms with Gasteiger partial charge in [0.1, 0.15) is 0 Å². The van der Waals surface area contributed by atoms with Gasteiger partial charge in [0.05, 0.1) is 12.6 Å². The molecular formula is C10H18N2O2. The van der Waals surface area contributed by atoms with Crippen LogP contribution in [-0.4, -0.2) is 60.1 Å². The number of likely N-dealkylation sites (N-methyl/N-ethyl adjacent to an activating group) is 1. The maximum Gasteiger partial charge on any atom is 0.225 e. The average Bonchev–Trinajstić information content (AvgIpc) is 3.01. The van der Waals surface area contributed by atoms with E-state index in [0.29, 0.717) is 18.4 Å². The third-order valence-electron chi connectivity index (χ3n) is 3.23. The lowest BCUT2D eigenvalue weighted by Gasteiger charge is -2.38. The monoisotopic (exact) mass is 198 g/mol. The molecule has 0 unspecified atom stereocenters. The quantitative estimate of drug-likeness (QED) is 0.652. The summed E-state index contributed by atoms with van der Waals surface area (Å²) in [4.78, 5) is 15.8. The Balaban J connectivity index is 1.91. The Bertz CT molecular complexity index is 228. The molecule has 2 fully saturated rings. The van der Waals surface area contributed by atoms with Crippen LogP contribution in [0.2, 0.25) is 0 Å². The third-order valence-corrected chi connectivity index (χ3v) is 3.23. The van der Waals surface area contributed by atoms with Crippen LogP contribution in [0, 0.1) is 5.92 Å². The topological polar surface area (TPSA) is 43.8 Å². The number of nitrogens with zero attached hydrogens (tertiary/aromatic N) is 2. The number of aliphatic hydroxyl groups excluding tert-OH is 1. The fraction of sp³-hybridized carbons (Fsp3) is 0.900. The van der Waals surface area contributed by atoms with Crippen LogP contribution in [0.3, 0.4) is 0 Å². The zero-order valence-electron chi connectivity index (χ0n) is 8.65. The predicted molar refractivity (Wildman–Crippen MR) is 52.8 cm³/mol. The van der Waals surface area contributed by atoms with Gasteiger partial charge in [0.15, 0.2) is 0 Å². The van der Waals surface area contributed by atoms with Gasteiger partial charge in [0.2, 0.25) is 5.91 Å². The van der Waals surface area contributed by atoms with Crippen molar-refractivity contribution in [3.05, 3.63) is 0 Å². The summed E-state index contributed by atoms with van der Waals surface area (Å²) >= 11 is 0. The van der Waals surface area contributed by atoms with Gasteiger partial charge in [-0.15, -0.1) is 0 Å².